The van der Waals surface area contributed by atoms with Crippen LogP contribution in [0.3, 0.4) is 0 Å². The number of esters is 1. The molecular weight excluding hydrogens is 369 g/mol. The molecule has 3 aromatic rings. The lowest BCUT2D eigenvalue weighted by Crippen LogP contribution is -2.05. The van der Waals surface area contributed by atoms with Crippen LogP contribution in [0.5, 0.6) is 0 Å². The highest BCUT2D eigenvalue weighted by atomic mass is 35.5. The van der Waals surface area contributed by atoms with Gasteiger partial charge in [-0.2, -0.15) is 0 Å². The highest BCUT2D eigenvalue weighted by Gasteiger charge is 2.24. The maximum atomic E-state index is 12.3. The van der Waals surface area contributed by atoms with Gasteiger partial charge in [-0.1, -0.05) is 59.6 Å². The summed E-state index contributed by atoms with van der Waals surface area (Å²) < 4.78 is 5.30. The van der Waals surface area contributed by atoms with Gasteiger partial charge in [0.15, 0.2) is 5.70 Å². The van der Waals surface area contributed by atoms with Crippen molar-refractivity contribution >= 4 is 51.9 Å². The van der Waals surface area contributed by atoms with E-state index in [1.807, 2.05) is 30.3 Å². The van der Waals surface area contributed by atoms with Crippen LogP contribution in [0.4, 0.5) is 0 Å². The molecule has 0 amide bonds. The van der Waals surface area contributed by atoms with Crippen LogP contribution in [-0.2, 0) is 9.53 Å². The largest absolute Gasteiger partial charge is 0.402 e. The Morgan fingerprint density at radius 1 is 0.962 bits per heavy atom. The van der Waals surface area contributed by atoms with Gasteiger partial charge < -0.3 is 4.74 Å². The minimum atomic E-state index is -0.490. The number of nitrogens with zero attached hydrogens (tertiary/aromatic N) is 1. The molecular formula is C21H13Cl2NO2. The average Bonchev–Trinajstić information content (AvgIpc) is 3.01. The predicted octanol–water partition coefficient (Wildman–Crippen LogP) is 5.80. The van der Waals surface area contributed by atoms with Crippen LogP contribution in [0, 0.1) is 6.92 Å². The average molecular weight is 382 g/mol. The molecule has 0 atom stereocenters. The van der Waals surface area contributed by atoms with E-state index in [2.05, 4.69) is 18.0 Å². The third-order valence-electron chi connectivity index (χ3n) is 4.26. The summed E-state index contributed by atoms with van der Waals surface area (Å²) in [7, 11) is 0. The first-order valence-corrected chi connectivity index (χ1v) is 8.75. The van der Waals surface area contributed by atoms with Gasteiger partial charge in [-0.05, 0) is 53.1 Å². The van der Waals surface area contributed by atoms with Gasteiger partial charge in [0.2, 0.25) is 5.90 Å². The number of aryl methyl sites for hydroxylation is 1. The summed E-state index contributed by atoms with van der Waals surface area (Å²) in [4.78, 5) is 16.6. The lowest BCUT2D eigenvalue weighted by molar-refractivity contribution is -0.129. The zero-order valence-electron chi connectivity index (χ0n) is 13.8. The first-order valence-electron chi connectivity index (χ1n) is 7.99. The molecule has 26 heavy (non-hydrogen) atoms. The van der Waals surface area contributed by atoms with E-state index in [0.717, 1.165) is 16.3 Å². The minimum absolute atomic E-state index is 0.219. The molecule has 0 aromatic heterocycles. The second-order valence-corrected chi connectivity index (χ2v) is 6.80. The number of hydrogen-bond donors (Lipinski definition) is 0. The number of benzene rings is 3. The quantitative estimate of drug-likeness (QED) is 0.415. The molecule has 0 bridgehead atoms. The second kappa shape index (κ2) is 6.60. The number of carbonyl (C=O) groups is 1. The fraction of sp³-hybridized carbons (Fsp3) is 0.0476. The standard InChI is InChI=1S/C21H13Cl2NO2/c1-12-6-7-13(16-5-3-2-4-15(12)16)11-19-21(25)26-20(24-19)14-8-9-17(22)18(23)10-14/h2-11H,1H3/b19-11-. The number of aliphatic imine (C=N–C) groups is 1. The zero-order chi connectivity index (χ0) is 18.3. The lowest BCUT2D eigenvalue weighted by Gasteiger charge is -2.05. The van der Waals surface area contributed by atoms with E-state index in [4.69, 9.17) is 27.9 Å². The summed E-state index contributed by atoms with van der Waals surface area (Å²) in [6, 6.07) is 17.0. The molecule has 4 rings (SSSR count). The van der Waals surface area contributed by atoms with E-state index in [-0.39, 0.29) is 11.6 Å². The van der Waals surface area contributed by atoms with Gasteiger partial charge in [0.1, 0.15) is 0 Å². The molecule has 0 unspecified atom stereocenters. The maximum absolute atomic E-state index is 12.3. The van der Waals surface area contributed by atoms with Gasteiger partial charge in [-0.3, -0.25) is 0 Å². The van der Waals surface area contributed by atoms with E-state index in [1.54, 1.807) is 24.3 Å². The Hall–Kier alpha value is -2.62. The van der Waals surface area contributed by atoms with E-state index >= 15 is 0 Å². The maximum Gasteiger partial charge on any atom is 0.363 e. The normalized spacial score (nSPS) is 15.4. The highest BCUT2D eigenvalue weighted by molar-refractivity contribution is 6.42. The Balaban J connectivity index is 1.78. The number of halogens is 2. The third kappa shape index (κ3) is 3.00. The molecule has 0 saturated carbocycles. The summed E-state index contributed by atoms with van der Waals surface area (Å²) in [5.41, 5.74) is 2.94. The fourth-order valence-electron chi connectivity index (χ4n) is 2.91. The first-order chi connectivity index (χ1) is 12.5. The Morgan fingerprint density at radius 2 is 1.73 bits per heavy atom. The van der Waals surface area contributed by atoms with Crippen molar-refractivity contribution in [3.63, 3.8) is 0 Å². The van der Waals surface area contributed by atoms with E-state index in [1.165, 1.54) is 5.56 Å². The number of ether oxygens (including phenoxy) is 1. The van der Waals surface area contributed by atoms with Gasteiger partial charge in [0.05, 0.1) is 10.0 Å². The summed E-state index contributed by atoms with van der Waals surface area (Å²) in [5.74, 6) is -0.271. The second-order valence-electron chi connectivity index (χ2n) is 5.98. The van der Waals surface area contributed by atoms with Crippen molar-refractivity contribution in [2.75, 3.05) is 0 Å². The molecule has 0 N–H and O–H groups in total. The van der Waals surface area contributed by atoms with Crippen molar-refractivity contribution in [1.29, 1.82) is 0 Å². The third-order valence-corrected chi connectivity index (χ3v) is 4.99. The first kappa shape index (κ1) is 16.8. The van der Waals surface area contributed by atoms with Gasteiger partial charge in [0, 0.05) is 5.56 Å². The zero-order valence-corrected chi connectivity index (χ0v) is 15.3. The molecule has 0 saturated heterocycles. The topological polar surface area (TPSA) is 38.7 Å². The van der Waals surface area contributed by atoms with Crippen LogP contribution in [-0.4, -0.2) is 11.9 Å². The van der Waals surface area contributed by atoms with Gasteiger partial charge in [0.25, 0.3) is 0 Å². The number of cyclic esters (lactones) is 1. The van der Waals surface area contributed by atoms with E-state index < -0.39 is 5.97 Å². The Bertz CT molecular complexity index is 1120. The van der Waals surface area contributed by atoms with Crippen LogP contribution in [0.2, 0.25) is 10.0 Å². The van der Waals surface area contributed by atoms with Crippen molar-refractivity contribution < 1.29 is 9.53 Å². The van der Waals surface area contributed by atoms with Gasteiger partial charge in [-0.25, -0.2) is 9.79 Å². The van der Waals surface area contributed by atoms with Crippen LogP contribution in [0.25, 0.3) is 16.8 Å². The molecule has 3 nitrogen and oxygen atoms in total. The molecule has 0 spiro atoms. The summed E-state index contributed by atoms with van der Waals surface area (Å²) >= 11 is 12.0. The van der Waals surface area contributed by atoms with Crippen molar-refractivity contribution in [3.8, 4) is 0 Å². The predicted molar refractivity (Wildman–Crippen MR) is 106 cm³/mol. The molecule has 0 aliphatic carbocycles. The molecule has 0 radical (unpaired) electrons. The summed E-state index contributed by atoms with van der Waals surface area (Å²) in [5, 5.41) is 3.01. The van der Waals surface area contributed by atoms with Gasteiger partial charge in [-0.15, -0.1) is 0 Å². The number of hydrogen-bond acceptors (Lipinski definition) is 3. The monoisotopic (exact) mass is 381 g/mol. The van der Waals surface area contributed by atoms with Crippen molar-refractivity contribution in [2.45, 2.75) is 6.92 Å². The van der Waals surface area contributed by atoms with Crippen LogP contribution in [0.1, 0.15) is 16.7 Å². The van der Waals surface area contributed by atoms with Crippen molar-refractivity contribution in [2.24, 2.45) is 4.99 Å². The number of rotatable bonds is 2. The lowest BCUT2D eigenvalue weighted by atomic mass is 10.00. The molecule has 1 aliphatic rings. The Kier molecular flexibility index (Phi) is 4.27. The number of fused-ring (bicyclic) bond motifs is 1. The Labute approximate surface area is 160 Å². The SMILES string of the molecule is Cc1ccc(/C=C2\N=C(c3ccc(Cl)c(Cl)c3)OC2=O)c2ccccc12. The minimum Gasteiger partial charge on any atom is -0.402 e. The summed E-state index contributed by atoms with van der Waals surface area (Å²) in [6.07, 6.45) is 1.74. The van der Waals surface area contributed by atoms with Gasteiger partial charge >= 0.3 is 5.97 Å². The van der Waals surface area contributed by atoms with E-state index in [9.17, 15) is 4.79 Å². The van der Waals surface area contributed by atoms with Crippen LogP contribution < -0.4 is 0 Å². The smallest absolute Gasteiger partial charge is 0.363 e. The molecule has 5 heteroatoms. The summed E-state index contributed by atoms with van der Waals surface area (Å²) in [6.45, 7) is 2.06. The van der Waals surface area contributed by atoms with Crippen molar-refractivity contribution in [3.05, 3.63) is 87.0 Å². The fourth-order valence-corrected chi connectivity index (χ4v) is 3.21. The van der Waals surface area contributed by atoms with Crippen LogP contribution in [0.15, 0.2) is 65.3 Å². The number of carbonyl (C=O) groups excluding carboxylic acids is 1. The molecule has 3 aromatic carbocycles. The Morgan fingerprint density at radius 3 is 2.50 bits per heavy atom. The molecule has 0 fully saturated rings. The molecule has 1 aliphatic heterocycles. The molecule has 128 valence electrons. The van der Waals surface area contributed by atoms with E-state index in [0.29, 0.717) is 15.6 Å². The highest BCUT2D eigenvalue weighted by Crippen LogP contribution is 2.28. The van der Waals surface area contributed by atoms with Crippen molar-refractivity contribution in [1.82, 2.24) is 0 Å². The molecule has 1 heterocycles. The van der Waals surface area contributed by atoms with Crippen LogP contribution >= 0.6 is 23.2 Å².